The van der Waals surface area contributed by atoms with Crippen molar-refractivity contribution in [2.75, 3.05) is 0 Å². The molecule has 0 aromatic heterocycles. The number of fused-ring (bicyclic) bond motifs is 2. The summed E-state index contributed by atoms with van der Waals surface area (Å²) in [5.41, 5.74) is 2.32. The molecule has 1 nitrogen and oxygen atoms in total. The van der Waals surface area contributed by atoms with Crippen molar-refractivity contribution < 1.29 is 33.1 Å². The van der Waals surface area contributed by atoms with Gasteiger partial charge >= 0.3 is 132 Å². The van der Waals surface area contributed by atoms with Gasteiger partial charge in [0, 0.05) is 0 Å². The number of rotatable bonds is 1. The van der Waals surface area contributed by atoms with Crippen LogP contribution in [0.1, 0.15) is 0 Å². The van der Waals surface area contributed by atoms with Crippen molar-refractivity contribution in [1.82, 2.24) is 0 Å². The fourth-order valence-electron chi connectivity index (χ4n) is 3.17. The third-order valence-electron chi connectivity index (χ3n) is 4.29. The summed E-state index contributed by atoms with van der Waals surface area (Å²) in [5, 5.41) is 0. The zero-order valence-electron chi connectivity index (χ0n) is 12.6. The smallest absolute Gasteiger partial charge is 1.00 e. The molecule has 0 aliphatic carbocycles. The topological polar surface area (TPSA) is 12.8 Å². The number of ether oxygens (including phenoxy) is 1. The maximum Gasteiger partial charge on any atom is -1.00 e. The van der Waals surface area contributed by atoms with Crippen LogP contribution < -0.4 is 37.0 Å². The molecule has 3 aromatic carbocycles. The molecule has 0 unspecified atom stereocenters. The van der Waals surface area contributed by atoms with Crippen molar-refractivity contribution in [3.8, 4) is 11.5 Å². The van der Waals surface area contributed by atoms with Gasteiger partial charge in [-0.15, -0.1) is 0 Å². The zero-order valence-corrected chi connectivity index (χ0v) is 16.6. The number of aromatic hydroxyl groups is 2. The minimum Gasteiger partial charge on any atom is -1.00 e. The van der Waals surface area contributed by atoms with E-state index in [9.17, 15) is 4.39 Å². The molecule has 1 N–H and O–H groups in total. The van der Waals surface area contributed by atoms with Gasteiger partial charge in [0.05, 0.1) is 0 Å². The summed E-state index contributed by atoms with van der Waals surface area (Å²) in [7, 11) is 0. The van der Waals surface area contributed by atoms with Crippen molar-refractivity contribution in [3.05, 3.63) is 78.6 Å². The molecule has 1 radical (unpaired) electrons. The second-order valence-corrected chi connectivity index (χ2v) is 12.9. The van der Waals surface area contributed by atoms with Crippen molar-refractivity contribution in [2.24, 2.45) is 0 Å². The van der Waals surface area contributed by atoms with Crippen molar-refractivity contribution in [2.45, 2.75) is 5.71 Å². The number of para-hydroxylation sites is 2. The molecular formula is C19H16AsFIO. The molecule has 117 valence electrons. The van der Waals surface area contributed by atoms with Crippen LogP contribution in [0, 0.1) is 5.82 Å². The fraction of sp³-hybridized carbons (Fsp3) is 0.0526. The first-order valence-corrected chi connectivity index (χ1v) is 11.9. The number of benzene rings is 3. The van der Waals surface area contributed by atoms with E-state index in [2.05, 4.69) is 48.2 Å². The molecule has 1 aliphatic rings. The van der Waals surface area contributed by atoms with E-state index in [0.29, 0.717) is 0 Å². The van der Waals surface area contributed by atoms with Gasteiger partial charge in [0.15, 0.2) is 0 Å². The van der Waals surface area contributed by atoms with E-state index in [1.165, 1.54) is 14.8 Å². The molecule has 4 heteroatoms. The first-order chi connectivity index (χ1) is 10.7. The Bertz CT molecular complexity index is 820. The van der Waals surface area contributed by atoms with E-state index >= 15 is 0 Å². The van der Waals surface area contributed by atoms with Gasteiger partial charge in [0.2, 0.25) is 0 Å². The van der Waals surface area contributed by atoms with Crippen LogP contribution in [0.15, 0.2) is 72.8 Å². The molecule has 3 aromatic rings. The molecule has 0 spiro atoms. The molecule has 4 rings (SSSR count). The predicted molar refractivity (Wildman–Crippen MR) is 90.9 cm³/mol. The van der Waals surface area contributed by atoms with E-state index in [0.717, 1.165) is 15.9 Å². The Labute approximate surface area is 155 Å². The van der Waals surface area contributed by atoms with Crippen LogP contribution in [0.5, 0.6) is 11.5 Å². The van der Waals surface area contributed by atoms with Crippen LogP contribution >= 0.6 is 0 Å². The van der Waals surface area contributed by atoms with E-state index in [1.54, 1.807) is 6.07 Å². The Morgan fingerprint density at radius 1 is 0.783 bits per heavy atom. The van der Waals surface area contributed by atoms with Gasteiger partial charge < -0.3 is 24.0 Å². The van der Waals surface area contributed by atoms with Crippen molar-refractivity contribution in [1.29, 1.82) is 0 Å². The van der Waals surface area contributed by atoms with Gasteiger partial charge in [-0.1, -0.05) is 0 Å². The van der Waals surface area contributed by atoms with Crippen LogP contribution in [0.3, 0.4) is 0 Å². The van der Waals surface area contributed by atoms with Gasteiger partial charge in [-0.05, 0) is 0 Å². The number of halogens is 2. The molecular weight excluding hydrogens is 465 g/mol. The zero-order chi connectivity index (χ0) is 15.2. The Kier molecular flexibility index (Phi) is 4.52. The Hall–Kier alpha value is -1.32. The minimum absolute atomic E-state index is 0. The monoisotopic (exact) mass is 481 g/mol. The summed E-state index contributed by atoms with van der Waals surface area (Å²) < 4.78 is 22.3. The molecule has 1 aliphatic heterocycles. The average molecular weight is 481 g/mol. The van der Waals surface area contributed by atoms with Crippen LogP contribution in [0.4, 0.5) is 4.39 Å². The minimum atomic E-state index is -2.65. The van der Waals surface area contributed by atoms with E-state index in [4.69, 9.17) is 4.74 Å². The first-order valence-electron chi connectivity index (χ1n) is 7.23. The van der Waals surface area contributed by atoms with Crippen molar-refractivity contribution >= 4 is 26.6 Å². The molecule has 23 heavy (non-hydrogen) atoms. The van der Waals surface area contributed by atoms with Crippen LogP contribution in [0.2, 0.25) is 5.71 Å². The maximum atomic E-state index is 13.8. The summed E-state index contributed by atoms with van der Waals surface area (Å²) in [6.45, 7) is 0. The van der Waals surface area contributed by atoms with Gasteiger partial charge in [-0.25, -0.2) is 0 Å². The summed E-state index contributed by atoms with van der Waals surface area (Å²) in [6, 6.07) is 23.7. The summed E-state index contributed by atoms with van der Waals surface area (Å²) in [6.07, 6.45) is 0. The second kappa shape index (κ2) is 6.29. The van der Waals surface area contributed by atoms with Crippen LogP contribution in [-0.4, -0.2) is 18.3 Å². The van der Waals surface area contributed by atoms with Crippen LogP contribution in [-0.2, 0) is 0 Å². The number of hydrogen-bond donors (Lipinski definition) is 0. The van der Waals surface area contributed by atoms with Gasteiger partial charge in [0.1, 0.15) is 0 Å². The largest absolute Gasteiger partial charge is 1.00 e. The van der Waals surface area contributed by atoms with Crippen LogP contribution in [0.25, 0.3) is 0 Å². The summed E-state index contributed by atoms with van der Waals surface area (Å²) >= 11 is -2.65. The van der Waals surface area contributed by atoms with E-state index < -0.39 is 13.6 Å². The first kappa shape index (κ1) is 16.5. The summed E-state index contributed by atoms with van der Waals surface area (Å²) in [5.74, 6) is 1.89. The van der Waals surface area contributed by atoms with E-state index in [-0.39, 0.29) is 29.8 Å². The maximum absolute atomic E-state index is 13.8. The molecule has 0 saturated carbocycles. The van der Waals surface area contributed by atoms with Crippen molar-refractivity contribution in [3.63, 3.8) is 0 Å². The fourth-order valence-corrected chi connectivity index (χ4v) is 10.5. The Morgan fingerprint density at radius 2 is 1.35 bits per heavy atom. The predicted octanol–water partition coefficient (Wildman–Crippen LogP) is -0.102. The Balaban J connectivity index is 0.00000156. The quantitative estimate of drug-likeness (QED) is 0.262. The molecule has 0 amide bonds. The third kappa shape index (κ3) is 2.60. The van der Waals surface area contributed by atoms with E-state index in [1.807, 2.05) is 18.2 Å². The molecule has 0 atom stereocenters. The second-order valence-electron chi connectivity index (χ2n) is 5.58. The van der Waals surface area contributed by atoms with Gasteiger partial charge in [0.25, 0.3) is 0 Å². The standard InChI is InChI=1S/C19H15AsFO.HI/c1-20(14-7-6-8-15(21)13-14)16-9-2-4-11-18(16)22-19-12-5-3-10-17(19)20;/h2-13H,1H3;1H. The van der Waals surface area contributed by atoms with Gasteiger partial charge in [-0.2, -0.15) is 0 Å². The van der Waals surface area contributed by atoms with Gasteiger partial charge in [-0.3, -0.25) is 0 Å². The molecule has 1 heterocycles. The summed E-state index contributed by atoms with van der Waals surface area (Å²) in [4.78, 5) is 0. The normalized spacial score (nSPS) is 14.0. The SMILES string of the molecule is C[As]1(c2cccc(F)c2)c2ccccc2[OH+]c2ccccc21.[I-]. The third-order valence-corrected chi connectivity index (χ3v) is 12.7. The Morgan fingerprint density at radius 3 is 1.91 bits per heavy atom. The molecule has 0 fully saturated rings. The molecule has 0 saturated heterocycles. The average Bonchev–Trinajstić information content (AvgIpc) is 2.55. The number of hydrogen-bond acceptors (Lipinski definition) is 0. The molecule has 0 bridgehead atoms.